The number of nitrogens with one attached hydrogen (secondary N) is 2. The van der Waals surface area contributed by atoms with Gasteiger partial charge in [0.05, 0.1) is 15.5 Å². The normalized spacial score (nSPS) is 18.6. The molecular weight excluding hydrogens is 1490 g/mol. The van der Waals surface area contributed by atoms with Gasteiger partial charge in [-0.05, 0) is 167 Å². The van der Waals surface area contributed by atoms with E-state index in [0.717, 1.165) is 152 Å². The Morgan fingerprint density at radius 2 is 1.01 bits per heavy atom. The number of aryl methyl sites for hydroxylation is 4. The number of nitro groups is 2. The first-order chi connectivity index (χ1) is 52.5. The number of carbonyl (C=O) groups excluding carboxylic acids is 5. The van der Waals surface area contributed by atoms with Gasteiger partial charge in [-0.25, -0.2) is 4.98 Å². The second-order valence-electron chi connectivity index (χ2n) is 30.0. The highest BCUT2D eigenvalue weighted by Gasteiger charge is 2.48. The molecule has 0 bridgehead atoms. The van der Waals surface area contributed by atoms with Gasteiger partial charge in [0.25, 0.3) is 11.4 Å². The standard InChI is InChI=1S/C36H36F3N5O4.C15H18N2O4.C15H20N2O2.C8H13NO2.C7H6BrNO2/c1-24-3-8-27(21-31(24)44-23-35(22-33(44)46)14-17-47-18-15-35)41-34-40-16-13-32(42-34)43(2)28-9-4-25(5-10-28)19-29(45)20-26-6-11-30(12-7-26)48-36(37,38)39;1-11-2-3-12(17(19)20)8-13(11)16-10-15(9-14(16)18)4-6-21-7-5-15;1-11-2-3-12(16)8-13(11)17-10-15(9-14(17)18)4-6-19-7-5-15;10-7-5-8(6-9-7)1-3-11-4-2-8;1-5-2-3-6(9(10)11)4-7(5)8/h3-13,16,21H,14-15,17-20,22-23H2,1-2H3,(H,40,41,42);2-3,8H,4-7,9-10H2,1H3;2-3,8H,4-7,9-10,16H2,1H3;1-6H2,(H,9,10);2-4H,1H3. The maximum absolute atomic E-state index is 13.1. The minimum Gasteiger partial charge on any atom is -0.406 e. The second-order valence-corrected chi connectivity index (χ2v) is 30.9. The van der Waals surface area contributed by atoms with E-state index in [9.17, 15) is 57.4 Å². The summed E-state index contributed by atoms with van der Waals surface area (Å²) in [6.45, 7) is 16.8. The number of aromatic nitrogens is 2. The number of hydrogen-bond acceptors (Lipinski definition) is 19. The van der Waals surface area contributed by atoms with Gasteiger partial charge < -0.3 is 59.7 Å². The number of nitrogens with zero attached hydrogens (tertiary/aromatic N) is 8. The minimum absolute atomic E-state index is 0.0190. The van der Waals surface area contributed by atoms with Gasteiger partial charge in [0.15, 0.2) is 0 Å². The van der Waals surface area contributed by atoms with Crippen molar-refractivity contribution in [2.45, 2.75) is 124 Å². The molecule has 110 heavy (non-hydrogen) atoms. The Morgan fingerprint density at radius 3 is 1.46 bits per heavy atom. The summed E-state index contributed by atoms with van der Waals surface area (Å²) in [5, 5.41) is 27.4. The molecule has 4 N–H and O–H groups in total. The Hall–Kier alpha value is -9.94. The molecule has 6 aromatic carbocycles. The number of amides is 4. The smallest absolute Gasteiger partial charge is 0.406 e. The van der Waals surface area contributed by atoms with E-state index in [1.54, 1.807) is 29.3 Å². The van der Waals surface area contributed by atoms with Crippen LogP contribution >= 0.6 is 15.9 Å². The lowest BCUT2D eigenvalue weighted by atomic mass is 9.79. The Bertz CT molecular complexity index is 4490. The third-order valence-electron chi connectivity index (χ3n) is 22.0. The molecule has 0 saturated carbocycles. The second kappa shape index (κ2) is 35.4. The number of ketones is 1. The summed E-state index contributed by atoms with van der Waals surface area (Å²) in [6.07, 6.45) is 7.21. The van der Waals surface area contributed by atoms with Gasteiger partial charge in [0, 0.05) is 210 Å². The maximum atomic E-state index is 13.1. The minimum atomic E-state index is -4.76. The number of Topliss-reactive ketones (excluding diaryl/α,β-unsaturated/α-hetero) is 1. The average Bonchev–Trinajstić information content (AvgIpc) is 1.64. The quantitative estimate of drug-likeness (QED) is 0.0517. The monoisotopic (exact) mass is 1580 g/mol. The van der Waals surface area contributed by atoms with Crippen molar-refractivity contribution in [3.63, 3.8) is 0 Å². The zero-order valence-corrected chi connectivity index (χ0v) is 64.1. The van der Waals surface area contributed by atoms with E-state index < -0.39 is 16.2 Å². The lowest BCUT2D eigenvalue weighted by Crippen LogP contribution is -2.33. The largest absolute Gasteiger partial charge is 0.573 e. The molecule has 9 heterocycles. The molecule has 29 heteroatoms. The van der Waals surface area contributed by atoms with Crippen LogP contribution in [0.5, 0.6) is 5.75 Å². The van der Waals surface area contributed by atoms with Crippen LogP contribution in [0.1, 0.15) is 110 Å². The van der Waals surface area contributed by atoms with Crippen molar-refractivity contribution in [2.75, 3.05) is 117 Å². The number of nitro benzene ring substituents is 2. The molecule has 584 valence electrons. The number of anilines is 8. The molecule has 8 saturated heterocycles. The number of rotatable bonds is 14. The number of benzene rings is 6. The van der Waals surface area contributed by atoms with Crippen LogP contribution in [0.4, 0.5) is 70.4 Å². The Kier molecular flexibility index (Phi) is 26.1. The van der Waals surface area contributed by atoms with Crippen LogP contribution in [0.25, 0.3) is 0 Å². The van der Waals surface area contributed by atoms with Crippen LogP contribution in [0, 0.1) is 69.6 Å². The molecule has 0 atom stereocenters. The number of carbonyl (C=O) groups is 5. The van der Waals surface area contributed by atoms with Gasteiger partial charge in [0.2, 0.25) is 29.6 Å². The molecule has 25 nitrogen and oxygen atoms in total. The Balaban J connectivity index is 0.000000158. The van der Waals surface area contributed by atoms with E-state index in [1.165, 1.54) is 48.5 Å². The topological polar surface area (TPSA) is 307 Å². The molecule has 0 unspecified atom stereocenters. The van der Waals surface area contributed by atoms with Gasteiger partial charge in [-0.2, -0.15) is 4.98 Å². The number of nitrogens with two attached hydrogens (primary N) is 1. The van der Waals surface area contributed by atoms with Crippen LogP contribution in [-0.4, -0.2) is 142 Å². The van der Waals surface area contributed by atoms with Crippen molar-refractivity contribution >= 4 is 103 Å². The molecule has 15 rings (SSSR count). The molecule has 0 aliphatic carbocycles. The van der Waals surface area contributed by atoms with Gasteiger partial charge in [0.1, 0.15) is 17.4 Å². The molecule has 4 amide bonds. The van der Waals surface area contributed by atoms with E-state index in [2.05, 4.69) is 36.3 Å². The molecule has 4 spiro atoms. The number of hydrogen-bond donors (Lipinski definition) is 3. The summed E-state index contributed by atoms with van der Waals surface area (Å²) in [5.41, 5.74) is 16.6. The van der Waals surface area contributed by atoms with Crippen molar-refractivity contribution in [1.82, 2.24) is 15.3 Å². The van der Waals surface area contributed by atoms with Gasteiger partial charge in [-0.15, -0.1) is 13.2 Å². The number of non-ortho nitro benzene ring substituents is 2. The summed E-state index contributed by atoms with van der Waals surface area (Å²) >= 11 is 3.21. The lowest BCUT2D eigenvalue weighted by Gasteiger charge is -2.32. The highest BCUT2D eigenvalue weighted by atomic mass is 79.9. The summed E-state index contributed by atoms with van der Waals surface area (Å²) < 4.78 is 63.4. The third kappa shape index (κ3) is 20.9. The number of halogens is 4. The SMILES string of the molecule is Cc1ccc(N)cc1N1CC2(CCOCC2)CC1=O.Cc1ccc(Nc2nccc(N(C)c3ccc(CC(=O)Cc4ccc(OC(F)(F)F)cc4)cc3)n2)cc1N1CC2(CCOCC2)CC1=O.Cc1ccc([N+](=O)[O-])cc1Br.Cc1ccc([N+](=O)[O-])cc1N1CC2(CCOCC2)CC1=O.O=C1CC2(CCOCC2)CN1. The van der Waals surface area contributed by atoms with E-state index in [-0.39, 0.29) is 81.0 Å². The van der Waals surface area contributed by atoms with Crippen molar-refractivity contribution in [2.24, 2.45) is 21.7 Å². The fourth-order valence-electron chi connectivity index (χ4n) is 15.3. The summed E-state index contributed by atoms with van der Waals surface area (Å²) in [5.74, 6) is 1.29. The van der Waals surface area contributed by atoms with Gasteiger partial charge in [-0.3, -0.25) is 44.2 Å². The predicted molar refractivity (Wildman–Crippen MR) is 414 cm³/mol. The van der Waals surface area contributed by atoms with Crippen LogP contribution in [-0.2, 0) is 55.8 Å². The van der Waals surface area contributed by atoms with Crippen molar-refractivity contribution in [3.05, 3.63) is 192 Å². The van der Waals surface area contributed by atoms with Gasteiger partial charge >= 0.3 is 6.36 Å². The molecule has 1 aromatic heterocycles. The van der Waals surface area contributed by atoms with Crippen molar-refractivity contribution < 1.29 is 70.7 Å². The predicted octanol–water partition coefficient (Wildman–Crippen LogP) is 14.6. The zero-order chi connectivity index (χ0) is 78.5. The summed E-state index contributed by atoms with van der Waals surface area (Å²) in [7, 11) is 1.88. The maximum Gasteiger partial charge on any atom is 0.573 e. The molecular formula is C81H93BrF3N11O14. The van der Waals surface area contributed by atoms with Crippen LogP contribution in [0.15, 0.2) is 138 Å². The zero-order valence-electron chi connectivity index (χ0n) is 62.5. The summed E-state index contributed by atoms with van der Waals surface area (Å²) in [4.78, 5) is 98.4. The number of alkyl halides is 3. The lowest BCUT2D eigenvalue weighted by molar-refractivity contribution is -0.385. The highest BCUT2D eigenvalue weighted by molar-refractivity contribution is 9.10. The Labute approximate surface area is 645 Å². The molecule has 8 fully saturated rings. The van der Waals surface area contributed by atoms with E-state index in [1.807, 2.05) is 110 Å². The molecule has 8 aliphatic heterocycles. The summed E-state index contributed by atoms with van der Waals surface area (Å²) in [6, 6.07) is 35.7. The Morgan fingerprint density at radius 1 is 0.582 bits per heavy atom. The van der Waals surface area contributed by atoms with Crippen LogP contribution in [0.3, 0.4) is 0 Å². The highest BCUT2D eigenvalue weighted by Crippen LogP contribution is 2.47. The van der Waals surface area contributed by atoms with Crippen molar-refractivity contribution in [1.29, 1.82) is 0 Å². The molecule has 7 aromatic rings. The van der Waals surface area contributed by atoms with E-state index in [0.29, 0.717) is 87.5 Å². The number of ether oxygens (including phenoxy) is 5. The third-order valence-corrected chi connectivity index (χ3v) is 22.8. The fraction of sp³-hybridized carbons (Fsp3) is 0.444. The first kappa shape index (κ1) is 81.1. The first-order valence-corrected chi connectivity index (χ1v) is 37.7. The fourth-order valence-corrected chi connectivity index (χ4v) is 15.7. The first-order valence-electron chi connectivity index (χ1n) is 36.9. The van der Waals surface area contributed by atoms with E-state index in [4.69, 9.17) is 29.7 Å². The molecule has 8 aliphatic rings. The van der Waals surface area contributed by atoms with E-state index >= 15 is 0 Å². The van der Waals surface area contributed by atoms with Crippen molar-refractivity contribution in [3.8, 4) is 5.75 Å². The van der Waals surface area contributed by atoms with Crippen LogP contribution in [0.2, 0.25) is 0 Å². The van der Waals surface area contributed by atoms with Crippen LogP contribution < -0.4 is 40.7 Å². The average molecular weight is 1580 g/mol. The molecule has 0 radical (unpaired) electrons. The number of nitrogen functional groups attached to an aromatic ring is 1. The van der Waals surface area contributed by atoms with Gasteiger partial charge in [-0.1, -0.05) is 64.5 Å².